The van der Waals surface area contributed by atoms with Crippen LogP contribution < -0.4 is 4.90 Å². The fraction of sp³-hybridized carbons (Fsp3) is 0.647. The summed E-state index contributed by atoms with van der Waals surface area (Å²) in [5.74, 6) is 4.32. The first-order valence-corrected chi connectivity index (χ1v) is 8.67. The SMILES string of the molecule is Cc1nc(CN2CC3CN(c4cc(C(C)C)ncn4)CC3C2)no1. The lowest BCUT2D eigenvalue weighted by atomic mass is 10.0. The number of nitrogens with zero attached hydrogens (tertiary/aromatic N) is 6. The topological polar surface area (TPSA) is 71.2 Å². The van der Waals surface area contributed by atoms with Crippen LogP contribution in [0.1, 0.15) is 37.2 Å². The molecule has 0 saturated carbocycles. The van der Waals surface area contributed by atoms with Crippen molar-refractivity contribution >= 4 is 5.82 Å². The number of hydrogen-bond acceptors (Lipinski definition) is 7. The molecule has 7 heteroatoms. The van der Waals surface area contributed by atoms with Gasteiger partial charge in [-0.2, -0.15) is 4.98 Å². The van der Waals surface area contributed by atoms with Crippen molar-refractivity contribution in [2.75, 3.05) is 31.1 Å². The Morgan fingerprint density at radius 1 is 1.17 bits per heavy atom. The predicted molar refractivity (Wildman–Crippen MR) is 89.6 cm³/mol. The molecule has 2 atom stereocenters. The molecule has 0 N–H and O–H groups in total. The third kappa shape index (κ3) is 3.00. The van der Waals surface area contributed by atoms with Gasteiger partial charge in [-0.25, -0.2) is 9.97 Å². The lowest BCUT2D eigenvalue weighted by Crippen LogP contribution is -2.29. The van der Waals surface area contributed by atoms with Gasteiger partial charge in [0.05, 0.1) is 6.54 Å². The average molecular weight is 328 g/mol. The van der Waals surface area contributed by atoms with E-state index < -0.39 is 0 Å². The van der Waals surface area contributed by atoms with Crippen molar-refractivity contribution in [2.24, 2.45) is 11.8 Å². The van der Waals surface area contributed by atoms with E-state index in [1.165, 1.54) is 0 Å². The highest BCUT2D eigenvalue weighted by molar-refractivity contribution is 5.41. The van der Waals surface area contributed by atoms with Crippen LogP contribution in [0.2, 0.25) is 0 Å². The molecule has 0 aliphatic carbocycles. The Morgan fingerprint density at radius 2 is 1.92 bits per heavy atom. The van der Waals surface area contributed by atoms with E-state index in [9.17, 15) is 0 Å². The van der Waals surface area contributed by atoms with Gasteiger partial charge in [-0.1, -0.05) is 19.0 Å². The first kappa shape index (κ1) is 15.5. The molecule has 0 amide bonds. The van der Waals surface area contributed by atoms with Gasteiger partial charge in [0, 0.05) is 44.9 Å². The molecular weight excluding hydrogens is 304 g/mol. The Hall–Kier alpha value is -2.02. The minimum atomic E-state index is 0.433. The van der Waals surface area contributed by atoms with Gasteiger partial charge in [0.2, 0.25) is 5.89 Å². The summed E-state index contributed by atoms with van der Waals surface area (Å²) in [5.41, 5.74) is 1.12. The van der Waals surface area contributed by atoms with Crippen LogP contribution in [0, 0.1) is 18.8 Å². The number of fused-ring (bicyclic) bond motifs is 1. The molecule has 128 valence electrons. The fourth-order valence-electron chi connectivity index (χ4n) is 3.86. The first-order valence-electron chi connectivity index (χ1n) is 8.67. The van der Waals surface area contributed by atoms with Gasteiger partial charge in [-0.05, 0) is 17.8 Å². The van der Waals surface area contributed by atoms with Crippen molar-refractivity contribution in [1.29, 1.82) is 0 Å². The molecule has 7 nitrogen and oxygen atoms in total. The van der Waals surface area contributed by atoms with Crippen molar-refractivity contribution in [3.8, 4) is 0 Å². The smallest absolute Gasteiger partial charge is 0.223 e. The molecule has 24 heavy (non-hydrogen) atoms. The Bertz CT molecular complexity index is 701. The van der Waals surface area contributed by atoms with Crippen molar-refractivity contribution < 1.29 is 4.52 Å². The van der Waals surface area contributed by atoms with E-state index in [1.807, 2.05) is 6.92 Å². The van der Waals surface area contributed by atoms with Crippen LogP contribution in [0.5, 0.6) is 0 Å². The number of likely N-dealkylation sites (tertiary alicyclic amines) is 1. The molecule has 2 fully saturated rings. The molecular formula is C17H24N6O. The van der Waals surface area contributed by atoms with Gasteiger partial charge >= 0.3 is 0 Å². The van der Waals surface area contributed by atoms with Crippen molar-refractivity contribution in [3.05, 3.63) is 29.8 Å². The highest BCUT2D eigenvalue weighted by Gasteiger charge is 2.40. The van der Waals surface area contributed by atoms with Crippen LogP contribution in [0.4, 0.5) is 5.82 Å². The van der Waals surface area contributed by atoms with E-state index in [2.05, 4.69) is 49.8 Å². The highest BCUT2D eigenvalue weighted by atomic mass is 16.5. The van der Waals surface area contributed by atoms with Crippen molar-refractivity contribution in [3.63, 3.8) is 0 Å². The van der Waals surface area contributed by atoms with Crippen molar-refractivity contribution in [2.45, 2.75) is 33.2 Å². The minimum absolute atomic E-state index is 0.433. The van der Waals surface area contributed by atoms with Gasteiger partial charge in [0.1, 0.15) is 12.1 Å². The largest absolute Gasteiger partial charge is 0.356 e. The van der Waals surface area contributed by atoms with E-state index in [0.717, 1.165) is 50.1 Å². The van der Waals surface area contributed by atoms with Crippen LogP contribution in [0.3, 0.4) is 0 Å². The quantitative estimate of drug-likeness (QED) is 0.848. The molecule has 4 heterocycles. The number of aryl methyl sites for hydroxylation is 1. The fourth-order valence-corrected chi connectivity index (χ4v) is 3.86. The zero-order valence-electron chi connectivity index (χ0n) is 14.5. The van der Waals surface area contributed by atoms with Crippen LogP contribution in [-0.2, 0) is 6.54 Å². The molecule has 2 aromatic heterocycles. The number of hydrogen-bond donors (Lipinski definition) is 0. The van der Waals surface area contributed by atoms with Gasteiger partial charge in [0.15, 0.2) is 5.82 Å². The normalized spacial score (nSPS) is 24.1. The second kappa shape index (κ2) is 6.12. The molecule has 2 saturated heterocycles. The first-order chi connectivity index (χ1) is 11.6. The Kier molecular flexibility index (Phi) is 3.96. The molecule has 2 unspecified atom stereocenters. The summed E-state index contributed by atoms with van der Waals surface area (Å²) in [7, 11) is 0. The summed E-state index contributed by atoms with van der Waals surface area (Å²) < 4.78 is 5.06. The summed E-state index contributed by atoms with van der Waals surface area (Å²) >= 11 is 0. The maximum atomic E-state index is 5.06. The van der Waals surface area contributed by atoms with Crippen molar-refractivity contribution in [1.82, 2.24) is 25.0 Å². The summed E-state index contributed by atoms with van der Waals surface area (Å²) in [6.07, 6.45) is 1.70. The summed E-state index contributed by atoms with van der Waals surface area (Å²) in [4.78, 5) is 18.0. The molecule has 2 aliphatic rings. The third-order valence-corrected chi connectivity index (χ3v) is 5.09. The zero-order chi connectivity index (χ0) is 16.7. The average Bonchev–Trinajstić information content (AvgIpc) is 3.22. The summed E-state index contributed by atoms with van der Waals surface area (Å²) in [6.45, 7) is 11.3. The zero-order valence-corrected chi connectivity index (χ0v) is 14.5. The lowest BCUT2D eigenvalue weighted by Gasteiger charge is -2.22. The maximum Gasteiger partial charge on any atom is 0.223 e. The second-order valence-electron chi connectivity index (χ2n) is 7.30. The van der Waals surface area contributed by atoms with Crippen LogP contribution in [-0.4, -0.2) is 51.2 Å². The third-order valence-electron chi connectivity index (χ3n) is 5.09. The number of rotatable bonds is 4. The van der Waals surface area contributed by atoms with E-state index in [4.69, 9.17) is 4.52 Å². The highest BCUT2D eigenvalue weighted by Crippen LogP contribution is 2.34. The summed E-state index contributed by atoms with van der Waals surface area (Å²) in [5, 5.41) is 4.01. The van der Waals surface area contributed by atoms with Gasteiger partial charge in [-0.3, -0.25) is 4.90 Å². The van der Waals surface area contributed by atoms with E-state index >= 15 is 0 Å². The van der Waals surface area contributed by atoms with E-state index in [1.54, 1.807) is 6.33 Å². The molecule has 2 aliphatic heterocycles. The second-order valence-corrected chi connectivity index (χ2v) is 7.30. The number of aromatic nitrogens is 4. The standard InChI is InChI=1S/C17H24N6O/c1-11(2)15-4-17(19-10-18-15)23-7-13-5-22(6-14(13)8-23)9-16-20-12(3)24-21-16/h4,10-11,13-14H,5-9H2,1-3H3. The van der Waals surface area contributed by atoms with Gasteiger partial charge in [-0.15, -0.1) is 0 Å². The van der Waals surface area contributed by atoms with E-state index in [0.29, 0.717) is 23.6 Å². The number of anilines is 1. The molecule has 4 rings (SSSR count). The Morgan fingerprint density at radius 3 is 2.54 bits per heavy atom. The molecule has 0 aromatic carbocycles. The van der Waals surface area contributed by atoms with Crippen LogP contribution in [0.15, 0.2) is 16.9 Å². The molecule has 0 spiro atoms. The van der Waals surface area contributed by atoms with Gasteiger partial charge < -0.3 is 9.42 Å². The minimum Gasteiger partial charge on any atom is -0.356 e. The molecule has 0 radical (unpaired) electrons. The lowest BCUT2D eigenvalue weighted by molar-refractivity contribution is 0.292. The van der Waals surface area contributed by atoms with Crippen LogP contribution >= 0.6 is 0 Å². The van der Waals surface area contributed by atoms with Gasteiger partial charge in [0.25, 0.3) is 0 Å². The summed E-state index contributed by atoms with van der Waals surface area (Å²) in [6, 6.07) is 2.14. The monoisotopic (exact) mass is 328 g/mol. The Balaban J connectivity index is 1.38. The maximum absolute atomic E-state index is 5.06. The molecule has 0 bridgehead atoms. The predicted octanol–water partition coefficient (Wildman–Crippen LogP) is 1.86. The van der Waals surface area contributed by atoms with E-state index in [-0.39, 0.29) is 0 Å². The Labute approximate surface area is 142 Å². The molecule has 2 aromatic rings. The van der Waals surface area contributed by atoms with Crippen LogP contribution in [0.25, 0.3) is 0 Å².